The van der Waals surface area contributed by atoms with Crippen molar-refractivity contribution in [1.29, 1.82) is 5.41 Å². The lowest BCUT2D eigenvalue weighted by atomic mass is 9.92. The molecule has 0 radical (unpaired) electrons. The average molecular weight is 212 g/mol. The first-order valence-electron chi connectivity index (χ1n) is 5.37. The predicted molar refractivity (Wildman–Crippen MR) is 60.8 cm³/mol. The number of carbonyl (C=O) groups is 1. The Morgan fingerprint density at radius 3 is 2.40 bits per heavy atom. The summed E-state index contributed by atoms with van der Waals surface area (Å²) >= 11 is 0. The van der Waals surface area contributed by atoms with Gasteiger partial charge in [-0.15, -0.1) is 0 Å². The van der Waals surface area contributed by atoms with Crippen LogP contribution in [0.5, 0.6) is 0 Å². The van der Waals surface area contributed by atoms with Crippen molar-refractivity contribution in [3.63, 3.8) is 0 Å². The Labute approximate surface area is 90.7 Å². The Balaban J connectivity index is 0.000000921. The summed E-state index contributed by atoms with van der Waals surface area (Å²) in [6, 6.07) is 0. The lowest BCUT2D eigenvalue weighted by Crippen LogP contribution is -2.23. The summed E-state index contributed by atoms with van der Waals surface area (Å²) in [4.78, 5) is 11.0. The van der Waals surface area contributed by atoms with Crippen LogP contribution in [0.2, 0.25) is 0 Å². The first kappa shape index (κ1) is 13.8. The van der Waals surface area contributed by atoms with Gasteiger partial charge in [0.25, 0.3) is 0 Å². The van der Waals surface area contributed by atoms with Crippen molar-refractivity contribution in [2.45, 2.75) is 39.5 Å². The topological polar surface area (TPSA) is 87.2 Å². The Kier molecular flexibility index (Phi) is 6.62. The smallest absolute Gasteiger partial charge is 0.206 e. The van der Waals surface area contributed by atoms with Crippen molar-refractivity contribution in [2.24, 2.45) is 5.73 Å². The Bertz CT molecular complexity index is 270. The van der Waals surface area contributed by atoms with Crippen molar-refractivity contribution in [3.8, 4) is 0 Å². The minimum Gasteiger partial charge on any atom is -0.402 e. The maximum Gasteiger partial charge on any atom is 0.206 e. The summed E-state index contributed by atoms with van der Waals surface area (Å²) in [5.74, 6) is -0.542. The lowest BCUT2D eigenvalue weighted by Gasteiger charge is -2.16. The van der Waals surface area contributed by atoms with Crippen LogP contribution in [0.4, 0.5) is 0 Å². The van der Waals surface area contributed by atoms with E-state index in [0.717, 1.165) is 19.3 Å². The number of Topliss-reactive ketones (excluding diaryl/α,β-unsaturated/α-hetero) is 1. The summed E-state index contributed by atoms with van der Waals surface area (Å²) in [6.45, 7) is 3.40. The molecule has 0 fully saturated rings. The molecule has 4 heteroatoms. The van der Waals surface area contributed by atoms with E-state index >= 15 is 0 Å². The molecule has 0 amide bonds. The monoisotopic (exact) mass is 212 g/mol. The maximum atomic E-state index is 11.0. The van der Waals surface area contributed by atoms with Gasteiger partial charge < -0.3 is 10.8 Å². The van der Waals surface area contributed by atoms with E-state index in [9.17, 15) is 4.79 Å². The maximum absolute atomic E-state index is 11.0. The molecule has 1 aliphatic rings. The van der Waals surface area contributed by atoms with Gasteiger partial charge in [0.05, 0.1) is 0 Å². The Morgan fingerprint density at radius 2 is 1.93 bits per heavy atom. The van der Waals surface area contributed by atoms with Crippen LogP contribution in [0.15, 0.2) is 11.3 Å². The zero-order valence-corrected chi connectivity index (χ0v) is 9.47. The summed E-state index contributed by atoms with van der Waals surface area (Å²) < 4.78 is 0. The van der Waals surface area contributed by atoms with Gasteiger partial charge in [-0.3, -0.25) is 10.2 Å². The number of aliphatic hydroxyl groups is 1. The third kappa shape index (κ3) is 3.83. The van der Waals surface area contributed by atoms with Crippen molar-refractivity contribution >= 4 is 11.5 Å². The van der Waals surface area contributed by atoms with E-state index in [2.05, 4.69) is 0 Å². The van der Waals surface area contributed by atoms with Gasteiger partial charge in [-0.25, -0.2) is 0 Å². The molecule has 0 aromatic heterocycles. The molecule has 0 aromatic rings. The van der Waals surface area contributed by atoms with Gasteiger partial charge in [-0.05, 0) is 31.3 Å². The molecule has 0 saturated heterocycles. The number of rotatable bonds is 3. The highest BCUT2D eigenvalue weighted by atomic mass is 16.3. The Morgan fingerprint density at radius 1 is 1.40 bits per heavy atom. The minimum absolute atomic E-state index is 0.111. The molecule has 15 heavy (non-hydrogen) atoms. The lowest BCUT2D eigenvalue weighted by molar-refractivity contribution is -0.115. The van der Waals surface area contributed by atoms with Gasteiger partial charge in [0.15, 0.2) is 0 Å². The fourth-order valence-corrected chi connectivity index (χ4v) is 1.46. The van der Waals surface area contributed by atoms with Crippen LogP contribution in [0.1, 0.15) is 39.5 Å². The SMILES string of the molecule is CC.N=C(C(=O)CO)C1=C(N)CCCC1. The minimum atomic E-state index is -0.602. The molecule has 0 aromatic carbocycles. The van der Waals surface area contributed by atoms with E-state index in [1.54, 1.807) is 0 Å². The first-order chi connectivity index (χ1) is 7.16. The van der Waals surface area contributed by atoms with Gasteiger partial charge in [0.1, 0.15) is 12.3 Å². The molecular formula is C11H20N2O2. The van der Waals surface area contributed by atoms with E-state index in [4.69, 9.17) is 16.2 Å². The fourth-order valence-electron chi connectivity index (χ4n) is 1.46. The second-order valence-corrected chi connectivity index (χ2v) is 3.17. The van der Waals surface area contributed by atoms with E-state index in [-0.39, 0.29) is 5.71 Å². The van der Waals surface area contributed by atoms with Gasteiger partial charge in [-0.1, -0.05) is 13.8 Å². The zero-order chi connectivity index (χ0) is 11.8. The summed E-state index contributed by atoms with van der Waals surface area (Å²) in [5.41, 5.74) is 6.83. The van der Waals surface area contributed by atoms with Crippen LogP contribution in [-0.4, -0.2) is 23.2 Å². The summed E-state index contributed by atoms with van der Waals surface area (Å²) in [5, 5.41) is 16.0. The van der Waals surface area contributed by atoms with E-state index in [1.807, 2.05) is 13.8 Å². The van der Waals surface area contributed by atoms with Gasteiger partial charge in [0, 0.05) is 5.70 Å². The van der Waals surface area contributed by atoms with Crippen LogP contribution in [0.3, 0.4) is 0 Å². The van der Waals surface area contributed by atoms with Crippen LogP contribution >= 0.6 is 0 Å². The van der Waals surface area contributed by atoms with Gasteiger partial charge in [0.2, 0.25) is 5.78 Å². The number of aliphatic hydroxyl groups excluding tert-OH is 1. The van der Waals surface area contributed by atoms with Crippen LogP contribution in [-0.2, 0) is 4.79 Å². The number of hydrogen-bond acceptors (Lipinski definition) is 4. The molecule has 1 aliphatic carbocycles. The van der Waals surface area contributed by atoms with E-state index < -0.39 is 12.4 Å². The highest BCUT2D eigenvalue weighted by Crippen LogP contribution is 2.22. The third-order valence-electron chi connectivity index (χ3n) is 2.23. The number of hydrogen-bond donors (Lipinski definition) is 3. The summed E-state index contributed by atoms with van der Waals surface area (Å²) in [7, 11) is 0. The molecule has 0 spiro atoms. The average Bonchev–Trinajstić information content (AvgIpc) is 2.30. The molecule has 86 valence electrons. The molecule has 0 unspecified atom stereocenters. The quantitative estimate of drug-likeness (QED) is 0.617. The largest absolute Gasteiger partial charge is 0.402 e. The molecule has 0 bridgehead atoms. The van der Waals surface area contributed by atoms with Crippen molar-refractivity contribution in [1.82, 2.24) is 0 Å². The molecule has 1 rings (SSSR count). The molecule has 0 atom stereocenters. The standard InChI is InChI=1S/C9H14N2O2.C2H6/c10-7-4-2-1-3-6(7)9(11)8(13)5-12;1-2/h11-12H,1-5,10H2;1-2H3. The van der Waals surface area contributed by atoms with Crippen LogP contribution < -0.4 is 5.73 Å². The van der Waals surface area contributed by atoms with E-state index in [0.29, 0.717) is 17.7 Å². The molecule has 4 N–H and O–H groups in total. The number of allylic oxidation sites excluding steroid dienone is 2. The molecular weight excluding hydrogens is 192 g/mol. The number of nitrogens with one attached hydrogen (secondary N) is 1. The molecule has 0 heterocycles. The highest BCUT2D eigenvalue weighted by molar-refractivity contribution is 6.45. The second kappa shape index (κ2) is 7.17. The van der Waals surface area contributed by atoms with E-state index in [1.165, 1.54) is 0 Å². The number of nitrogens with two attached hydrogens (primary N) is 1. The second-order valence-electron chi connectivity index (χ2n) is 3.17. The number of ketones is 1. The highest BCUT2D eigenvalue weighted by Gasteiger charge is 2.18. The van der Waals surface area contributed by atoms with Gasteiger partial charge >= 0.3 is 0 Å². The molecule has 0 saturated carbocycles. The number of carbonyl (C=O) groups excluding carboxylic acids is 1. The summed E-state index contributed by atoms with van der Waals surface area (Å²) in [6.07, 6.45) is 3.44. The fraction of sp³-hybridized carbons (Fsp3) is 0.636. The van der Waals surface area contributed by atoms with Crippen LogP contribution in [0, 0.1) is 5.41 Å². The molecule has 0 aliphatic heterocycles. The van der Waals surface area contributed by atoms with Crippen molar-refractivity contribution < 1.29 is 9.90 Å². The Hall–Kier alpha value is -1.16. The first-order valence-corrected chi connectivity index (χ1v) is 5.37. The predicted octanol–water partition coefficient (Wildman–Crippen LogP) is 1.38. The van der Waals surface area contributed by atoms with Gasteiger partial charge in [-0.2, -0.15) is 0 Å². The molecule has 4 nitrogen and oxygen atoms in total. The third-order valence-corrected chi connectivity index (χ3v) is 2.23. The van der Waals surface area contributed by atoms with Crippen molar-refractivity contribution in [2.75, 3.05) is 6.61 Å². The zero-order valence-electron chi connectivity index (χ0n) is 9.47. The van der Waals surface area contributed by atoms with Crippen LogP contribution in [0.25, 0.3) is 0 Å². The normalized spacial score (nSPS) is 15.4. The van der Waals surface area contributed by atoms with Crippen molar-refractivity contribution in [3.05, 3.63) is 11.3 Å².